The lowest BCUT2D eigenvalue weighted by Crippen LogP contribution is -2.46. The van der Waals surface area contributed by atoms with E-state index < -0.39 is 0 Å². The third kappa shape index (κ3) is 8.91. The highest BCUT2D eigenvalue weighted by Crippen LogP contribution is 2.66. The number of hydrogen-bond donors (Lipinski definition) is 2. The van der Waals surface area contributed by atoms with Gasteiger partial charge in [0, 0.05) is 11.8 Å². The van der Waals surface area contributed by atoms with Crippen LogP contribution >= 0.6 is 0 Å². The molecule has 1 aliphatic heterocycles. The van der Waals surface area contributed by atoms with Crippen LogP contribution in [-0.2, 0) is 4.74 Å². The summed E-state index contributed by atoms with van der Waals surface area (Å²) >= 11 is 0. The van der Waals surface area contributed by atoms with E-state index in [-0.39, 0.29) is 34.2 Å². The summed E-state index contributed by atoms with van der Waals surface area (Å²) in [7, 11) is 0. The van der Waals surface area contributed by atoms with Gasteiger partial charge in [-0.05, 0) is 77.9 Å². The zero-order valence-corrected chi connectivity index (χ0v) is 28.4. The van der Waals surface area contributed by atoms with E-state index in [0.29, 0.717) is 6.42 Å². The van der Waals surface area contributed by atoms with Crippen molar-refractivity contribution in [2.45, 2.75) is 118 Å². The molecule has 3 rings (SSSR count). The third-order valence-electron chi connectivity index (χ3n) is 9.34. The normalized spacial score (nSPS) is 32.3. The predicted octanol–water partition coefficient (Wildman–Crippen LogP) is 9.76. The van der Waals surface area contributed by atoms with E-state index in [1.807, 2.05) is 0 Å². The van der Waals surface area contributed by atoms with E-state index in [0.717, 1.165) is 19.3 Å². The van der Waals surface area contributed by atoms with Crippen LogP contribution in [0.15, 0.2) is 119 Å². The van der Waals surface area contributed by atoms with Gasteiger partial charge in [0.15, 0.2) is 0 Å². The molecule has 4 atom stereocenters. The van der Waals surface area contributed by atoms with E-state index in [1.54, 1.807) is 0 Å². The first-order valence-electron chi connectivity index (χ1n) is 15.9. The first kappa shape index (κ1) is 34.8. The fourth-order valence-electron chi connectivity index (χ4n) is 7.06. The summed E-state index contributed by atoms with van der Waals surface area (Å²) in [6, 6.07) is 0. The Balaban J connectivity index is 1.50. The molecule has 2 fully saturated rings. The molecule has 43 heavy (non-hydrogen) atoms. The topological polar surface area (TPSA) is 53.0 Å². The SMILES string of the molecule is CC1=C(/C=C/C(C)=C\C=C\C(C)=C\C=C\C=C(C)\C=C\C=C(C)\C=C\[C@@]23O[C@]2(C)C[C@@H](O)CC3(C)C)C(C)(C)C[C@H](O)C1. The number of aliphatic hydroxyl groups excluding tert-OH is 2. The highest BCUT2D eigenvalue weighted by Gasteiger charge is 2.74. The van der Waals surface area contributed by atoms with Crippen LogP contribution < -0.4 is 0 Å². The van der Waals surface area contributed by atoms with Crippen LogP contribution in [0.25, 0.3) is 0 Å². The molecule has 1 saturated heterocycles. The molecule has 3 aliphatic rings. The fourth-order valence-corrected chi connectivity index (χ4v) is 7.06. The van der Waals surface area contributed by atoms with Gasteiger partial charge in [0.1, 0.15) is 11.2 Å². The fraction of sp³-hybridized carbons (Fsp3) is 0.500. The molecular formula is C40H56O3. The maximum Gasteiger partial charge on any atom is 0.121 e. The standard InChI is InChI=1S/C40H56O3/c1-29(17-13-19-31(3)21-22-36-33(5)25-34(41)26-37(36,6)7)15-11-12-16-30(2)18-14-20-32(4)23-24-40-38(8,9)27-35(42)28-39(40,10)43-40/h11-24,34-35,41-42H,25-28H2,1-10H3/b12-11+,17-13+,18-14+,22-21+,24-23+,29-15+,30-16+,31-19-,32-20+/t34-,35+,39-,40+/m1/s1. The van der Waals surface area contributed by atoms with Crippen molar-refractivity contribution in [2.24, 2.45) is 10.8 Å². The molecule has 0 spiro atoms. The van der Waals surface area contributed by atoms with Crippen LogP contribution in [0.3, 0.4) is 0 Å². The van der Waals surface area contributed by atoms with E-state index in [4.69, 9.17) is 4.74 Å². The number of aliphatic hydroxyl groups is 2. The second-order valence-electron chi connectivity index (χ2n) is 14.6. The molecule has 2 N–H and O–H groups in total. The Labute approximate surface area is 262 Å². The Morgan fingerprint density at radius 1 is 0.674 bits per heavy atom. The van der Waals surface area contributed by atoms with Crippen LogP contribution in [0.2, 0.25) is 0 Å². The van der Waals surface area contributed by atoms with Gasteiger partial charge in [-0.3, -0.25) is 0 Å². The van der Waals surface area contributed by atoms with E-state index in [2.05, 4.69) is 154 Å². The van der Waals surface area contributed by atoms with Crippen molar-refractivity contribution in [3.8, 4) is 0 Å². The van der Waals surface area contributed by atoms with Gasteiger partial charge in [-0.2, -0.15) is 0 Å². The van der Waals surface area contributed by atoms with Gasteiger partial charge >= 0.3 is 0 Å². The first-order chi connectivity index (χ1) is 20.0. The molecule has 0 bridgehead atoms. The lowest BCUT2D eigenvalue weighted by Gasteiger charge is -2.39. The van der Waals surface area contributed by atoms with Gasteiger partial charge in [0.2, 0.25) is 0 Å². The van der Waals surface area contributed by atoms with Crippen molar-refractivity contribution in [1.82, 2.24) is 0 Å². The summed E-state index contributed by atoms with van der Waals surface area (Å²) in [6.45, 7) is 21.5. The highest BCUT2D eigenvalue weighted by atomic mass is 16.6. The molecule has 2 aliphatic carbocycles. The predicted molar refractivity (Wildman–Crippen MR) is 184 cm³/mol. The maximum absolute atomic E-state index is 10.2. The van der Waals surface area contributed by atoms with Gasteiger partial charge in [-0.25, -0.2) is 0 Å². The summed E-state index contributed by atoms with van der Waals surface area (Å²) < 4.78 is 6.25. The Morgan fingerprint density at radius 2 is 1.19 bits per heavy atom. The Hall–Kier alpha value is -2.72. The van der Waals surface area contributed by atoms with Gasteiger partial charge < -0.3 is 14.9 Å². The molecule has 0 radical (unpaired) electrons. The zero-order chi connectivity index (χ0) is 32.1. The number of hydrogen-bond acceptors (Lipinski definition) is 3. The van der Waals surface area contributed by atoms with Crippen LogP contribution in [0, 0.1) is 10.8 Å². The Morgan fingerprint density at radius 3 is 1.72 bits per heavy atom. The zero-order valence-electron chi connectivity index (χ0n) is 28.4. The summed E-state index contributed by atoms with van der Waals surface area (Å²) in [5, 5.41) is 20.4. The summed E-state index contributed by atoms with van der Waals surface area (Å²) in [5.74, 6) is 0. The Kier molecular flexibility index (Phi) is 11.3. The number of allylic oxidation sites excluding steroid dienone is 18. The molecule has 1 heterocycles. The minimum absolute atomic E-state index is 0.00262. The second kappa shape index (κ2) is 13.9. The monoisotopic (exact) mass is 584 g/mol. The smallest absolute Gasteiger partial charge is 0.121 e. The molecule has 0 unspecified atom stereocenters. The average molecular weight is 585 g/mol. The highest BCUT2D eigenvalue weighted by molar-refractivity contribution is 5.39. The molecule has 0 aromatic carbocycles. The first-order valence-corrected chi connectivity index (χ1v) is 15.9. The van der Waals surface area contributed by atoms with Gasteiger partial charge in [-0.15, -0.1) is 0 Å². The lowest BCUT2D eigenvalue weighted by atomic mass is 9.63. The number of ether oxygens (including phenoxy) is 1. The van der Waals surface area contributed by atoms with Crippen molar-refractivity contribution in [1.29, 1.82) is 0 Å². The van der Waals surface area contributed by atoms with Crippen molar-refractivity contribution >= 4 is 0 Å². The quantitative estimate of drug-likeness (QED) is 0.198. The van der Waals surface area contributed by atoms with Gasteiger partial charge in [-0.1, -0.05) is 135 Å². The summed E-state index contributed by atoms with van der Waals surface area (Å²) in [6.07, 6.45) is 32.3. The summed E-state index contributed by atoms with van der Waals surface area (Å²) in [5.41, 5.74) is 6.71. The molecule has 3 heteroatoms. The molecule has 0 amide bonds. The number of epoxide rings is 1. The number of fused-ring (bicyclic) bond motifs is 1. The minimum atomic E-state index is -0.291. The van der Waals surface area contributed by atoms with E-state index >= 15 is 0 Å². The van der Waals surface area contributed by atoms with Crippen LogP contribution in [0.1, 0.15) is 94.9 Å². The Bertz CT molecular complexity index is 1330. The van der Waals surface area contributed by atoms with E-state index in [1.165, 1.54) is 33.4 Å². The van der Waals surface area contributed by atoms with Crippen LogP contribution in [0.5, 0.6) is 0 Å². The molecule has 1 saturated carbocycles. The summed E-state index contributed by atoms with van der Waals surface area (Å²) in [4.78, 5) is 0. The van der Waals surface area contributed by atoms with Gasteiger partial charge in [0.05, 0.1) is 12.2 Å². The maximum atomic E-state index is 10.2. The third-order valence-corrected chi connectivity index (χ3v) is 9.34. The van der Waals surface area contributed by atoms with Crippen LogP contribution in [-0.4, -0.2) is 33.6 Å². The van der Waals surface area contributed by atoms with Crippen molar-refractivity contribution in [3.05, 3.63) is 119 Å². The second-order valence-corrected chi connectivity index (χ2v) is 14.6. The van der Waals surface area contributed by atoms with Crippen LogP contribution in [0.4, 0.5) is 0 Å². The van der Waals surface area contributed by atoms with Crippen molar-refractivity contribution in [2.75, 3.05) is 0 Å². The van der Waals surface area contributed by atoms with E-state index in [9.17, 15) is 10.2 Å². The average Bonchev–Trinajstić information content (AvgIpc) is 3.49. The van der Waals surface area contributed by atoms with Gasteiger partial charge in [0.25, 0.3) is 0 Å². The molecule has 234 valence electrons. The molecule has 0 aromatic rings. The molecule has 0 aromatic heterocycles. The van der Waals surface area contributed by atoms with Crippen molar-refractivity contribution < 1.29 is 14.9 Å². The molecular weight excluding hydrogens is 528 g/mol. The largest absolute Gasteiger partial charge is 0.393 e. The minimum Gasteiger partial charge on any atom is -0.393 e. The number of rotatable bonds is 10. The lowest BCUT2D eigenvalue weighted by molar-refractivity contribution is 0.0515. The van der Waals surface area contributed by atoms with Crippen molar-refractivity contribution in [3.63, 3.8) is 0 Å². The molecule has 3 nitrogen and oxygen atoms in total.